The van der Waals surface area contributed by atoms with Gasteiger partial charge in [-0.05, 0) is 43.3 Å². The second-order valence-corrected chi connectivity index (χ2v) is 5.86. The van der Waals surface area contributed by atoms with Gasteiger partial charge in [-0.25, -0.2) is 8.78 Å². The molecule has 3 aromatic rings. The summed E-state index contributed by atoms with van der Waals surface area (Å²) in [6.45, 7) is 2.24. The van der Waals surface area contributed by atoms with Crippen molar-refractivity contribution >= 4 is 23.2 Å². The number of carbonyl (C=O) groups excluding carboxylic acids is 2. The largest absolute Gasteiger partial charge is 0.492 e. The maximum absolute atomic E-state index is 13.7. The topological polar surface area (TPSA) is 80.3 Å². The first-order chi connectivity index (χ1) is 14.0. The maximum Gasteiger partial charge on any atom is 0.274 e. The van der Waals surface area contributed by atoms with Gasteiger partial charge < -0.3 is 15.4 Å². The normalized spacial score (nSPS) is 10.3. The Hall–Kier alpha value is -3.81. The first-order valence-electron chi connectivity index (χ1n) is 8.74. The molecule has 0 aliphatic rings. The standard InChI is InChI=1S/C21H17F2N3O3/c1-2-29-18-9-4-3-8-16(18)25-21(28)17-12-13(10-11-24-17)20(27)26-19-14(22)6-5-7-15(19)23/h3-12H,2H2,1H3,(H,25,28)(H,26,27). The molecule has 29 heavy (non-hydrogen) atoms. The van der Waals surface area contributed by atoms with Crippen LogP contribution in [0.5, 0.6) is 5.75 Å². The molecule has 0 spiro atoms. The van der Waals surface area contributed by atoms with Crippen molar-refractivity contribution < 1.29 is 23.1 Å². The van der Waals surface area contributed by atoms with Crippen molar-refractivity contribution in [1.82, 2.24) is 4.98 Å². The Labute approximate surface area is 165 Å². The van der Waals surface area contributed by atoms with Crippen molar-refractivity contribution in [3.8, 4) is 5.75 Å². The lowest BCUT2D eigenvalue weighted by molar-refractivity contribution is 0.102. The van der Waals surface area contributed by atoms with Gasteiger partial charge in [-0.2, -0.15) is 0 Å². The number of pyridine rings is 1. The summed E-state index contributed by atoms with van der Waals surface area (Å²) >= 11 is 0. The molecule has 0 radical (unpaired) electrons. The zero-order chi connectivity index (χ0) is 20.8. The highest BCUT2D eigenvalue weighted by atomic mass is 19.1. The number of anilines is 2. The number of para-hydroxylation sites is 3. The Morgan fingerprint density at radius 2 is 1.69 bits per heavy atom. The minimum Gasteiger partial charge on any atom is -0.492 e. The van der Waals surface area contributed by atoms with Crippen LogP contribution in [0.1, 0.15) is 27.8 Å². The quantitative estimate of drug-likeness (QED) is 0.651. The van der Waals surface area contributed by atoms with Gasteiger partial charge in [0, 0.05) is 11.8 Å². The summed E-state index contributed by atoms with van der Waals surface area (Å²) in [6, 6.07) is 12.7. The molecule has 2 N–H and O–H groups in total. The molecule has 1 aromatic heterocycles. The van der Waals surface area contributed by atoms with E-state index >= 15 is 0 Å². The molecule has 0 atom stereocenters. The molecule has 0 fully saturated rings. The molecule has 0 unspecified atom stereocenters. The molecule has 0 aliphatic carbocycles. The van der Waals surface area contributed by atoms with E-state index in [0.717, 1.165) is 12.1 Å². The van der Waals surface area contributed by atoms with Gasteiger partial charge in [0.05, 0.1) is 12.3 Å². The number of halogens is 2. The molecule has 0 saturated carbocycles. The summed E-state index contributed by atoms with van der Waals surface area (Å²) in [7, 11) is 0. The van der Waals surface area contributed by atoms with E-state index in [1.54, 1.807) is 24.3 Å². The van der Waals surface area contributed by atoms with Crippen LogP contribution in [0.4, 0.5) is 20.2 Å². The summed E-state index contributed by atoms with van der Waals surface area (Å²) < 4.78 is 32.9. The number of hydrogen-bond donors (Lipinski definition) is 2. The van der Waals surface area contributed by atoms with E-state index in [4.69, 9.17) is 4.74 Å². The van der Waals surface area contributed by atoms with E-state index in [-0.39, 0.29) is 11.3 Å². The highest BCUT2D eigenvalue weighted by Crippen LogP contribution is 2.24. The monoisotopic (exact) mass is 397 g/mol. The predicted molar refractivity (Wildman–Crippen MR) is 104 cm³/mol. The fraction of sp³-hybridized carbons (Fsp3) is 0.0952. The highest BCUT2D eigenvalue weighted by Gasteiger charge is 2.16. The van der Waals surface area contributed by atoms with Crippen LogP contribution in [0.25, 0.3) is 0 Å². The third-order valence-corrected chi connectivity index (χ3v) is 3.89. The third-order valence-electron chi connectivity index (χ3n) is 3.89. The van der Waals surface area contributed by atoms with E-state index in [1.807, 2.05) is 6.92 Å². The number of carbonyl (C=O) groups is 2. The first kappa shape index (κ1) is 19.9. The summed E-state index contributed by atoms with van der Waals surface area (Å²) in [5, 5.41) is 4.84. The molecule has 3 rings (SSSR count). The predicted octanol–water partition coefficient (Wildman–Crippen LogP) is 4.26. The zero-order valence-corrected chi connectivity index (χ0v) is 15.4. The Kier molecular flexibility index (Phi) is 6.13. The SMILES string of the molecule is CCOc1ccccc1NC(=O)c1cc(C(=O)Nc2c(F)cccc2F)ccn1. The van der Waals surface area contributed by atoms with Crippen LogP contribution in [0.15, 0.2) is 60.8 Å². The van der Waals surface area contributed by atoms with E-state index in [0.29, 0.717) is 18.0 Å². The summed E-state index contributed by atoms with van der Waals surface area (Å²) in [5.74, 6) is -2.66. The van der Waals surface area contributed by atoms with Crippen LogP contribution in [0.3, 0.4) is 0 Å². The fourth-order valence-corrected chi connectivity index (χ4v) is 2.54. The van der Waals surface area contributed by atoms with Crippen molar-refractivity contribution in [2.75, 3.05) is 17.2 Å². The van der Waals surface area contributed by atoms with E-state index in [2.05, 4.69) is 15.6 Å². The van der Waals surface area contributed by atoms with Crippen molar-refractivity contribution in [1.29, 1.82) is 0 Å². The highest BCUT2D eigenvalue weighted by molar-refractivity contribution is 6.08. The number of amides is 2. The third kappa shape index (κ3) is 4.73. The van der Waals surface area contributed by atoms with Crippen LogP contribution in [0.2, 0.25) is 0 Å². The van der Waals surface area contributed by atoms with Crippen LogP contribution >= 0.6 is 0 Å². The van der Waals surface area contributed by atoms with Gasteiger partial charge in [0.1, 0.15) is 28.8 Å². The minimum absolute atomic E-state index is 0.0193. The molecule has 6 nitrogen and oxygen atoms in total. The summed E-state index contributed by atoms with van der Waals surface area (Å²) in [6.07, 6.45) is 1.26. The Bertz CT molecular complexity index is 1040. The van der Waals surface area contributed by atoms with Gasteiger partial charge in [0.25, 0.3) is 11.8 Å². The molecule has 148 valence electrons. The van der Waals surface area contributed by atoms with E-state index in [1.165, 1.54) is 24.4 Å². The molecular formula is C21H17F2N3O3. The fourth-order valence-electron chi connectivity index (χ4n) is 2.54. The van der Waals surface area contributed by atoms with Crippen molar-refractivity contribution in [3.05, 3.63) is 83.7 Å². The van der Waals surface area contributed by atoms with Crippen LogP contribution in [0, 0.1) is 11.6 Å². The lowest BCUT2D eigenvalue weighted by Gasteiger charge is -2.11. The second kappa shape index (κ2) is 8.92. The lowest BCUT2D eigenvalue weighted by atomic mass is 10.2. The van der Waals surface area contributed by atoms with Crippen molar-refractivity contribution in [3.63, 3.8) is 0 Å². The van der Waals surface area contributed by atoms with Crippen LogP contribution in [-0.4, -0.2) is 23.4 Å². The Morgan fingerprint density at radius 3 is 2.41 bits per heavy atom. The van der Waals surface area contributed by atoms with Crippen LogP contribution in [-0.2, 0) is 0 Å². The molecular weight excluding hydrogens is 380 g/mol. The molecule has 0 bridgehead atoms. The van der Waals surface area contributed by atoms with Gasteiger partial charge in [-0.15, -0.1) is 0 Å². The molecule has 1 heterocycles. The molecule has 2 aromatic carbocycles. The number of hydrogen-bond acceptors (Lipinski definition) is 4. The average Bonchev–Trinajstić information content (AvgIpc) is 2.72. The summed E-state index contributed by atoms with van der Waals surface area (Å²) in [5.41, 5.74) is -0.140. The second-order valence-electron chi connectivity index (χ2n) is 5.86. The first-order valence-corrected chi connectivity index (χ1v) is 8.74. The average molecular weight is 397 g/mol. The van der Waals surface area contributed by atoms with Crippen LogP contribution < -0.4 is 15.4 Å². The van der Waals surface area contributed by atoms with Crippen molar-refractivity contribution in [2.24, 2.45) is 0 Å². The minimum atomic E-state index is -0.905. The summed E-state index contributed by atoms with van der Waals surface area (Å²) in [4.78, 5) is 28.9. The van der Waals surface area contributed by atoms with E-state index < -0.39 is 29.1 Å². The number of nitrogens with zero attached hydrogens (tertiary/aromatic N) is 1. The molecule has 8 heteroatoms. The van der Waals surface area contributed by atoms with Gasteiger partial charge in [-0.3, -0.25) is 14.6 Å². The number of benzene rings is 2. The van der Waals surface area contributed by atoms with Crippen molar-refractivity contribution in [2.45, 2.75) is 6.92 Å². The molecule has 0 saturated heterocycles. The maximum atomic E-state index is 13.7. The Balaban J connectivity index is 1.79. The zero-order valence-electron chi connectivity index (χ0n) is 15.4. The smallest absolute Gasteiger partial charge is 0.274 e. The molecule has 0 aliphatic heterocycles. The van der Waals surface area contributed by atoms with Gasteiger partial charge in [-0.1, -0.05) is 18.2 Å². The van der Waals surface area contributed by atoms with Gasteiger partial charge >= 0.3 is 0 Å². The van der Waals surface area contributed by atoms with E-state index in [9.17, 15) is 18.4 Å². The number of rotatable bonds is 6. The Morgan fingerprint density at radius 1 is 0.966 bits per heavy atom. The lowest BCUT2D eigenvalue weighted by Crippen LogP contribution is -2.18. The number of nitrogens with one attached hydrogen (secondary N) is 2. The number of ether oxygens (including phenoxy) is 1. The number of aromatic nitrogens is 1. The van der Waals surface area contributed by atoms with Gasteiger partial charge in [0.15, 0.2) is 0 Å². The molecule has 2 amide bonds. The van der Waals surface area contributed by atoms with Gasteiger partial charge in [0.2, 0.25) is 0 Å².